The molecule has 0 amide bonds. The highest BCUT2D eigenvalue weighted by Crippen LogP contribution is 2.38. The summed E-state index contributed by atoms with van der Waals surface area (Å²) in [6.45, 7) is 5.53. The number of nitrogens with zero attached hydrogens (tertiary/aromatic N) is 2. The standard InChI is InChI=1S/C13H20N2O4S/c1-8-10(12(15-18-8)9-4-5-9)7-20(16,17)11-6-13(2,3)19-14-11/h8-10H,4-7H2,1-3H3. The Kier molecular flexibility index (Phi) is 3.08. The van der Waals surface area contributed by atoms with Gasteiger partial charge >= 0.3 is 0 Å². The van der Waals surface area contributed by atoms with E-state index in [1.54, 1.807) is 0 Å². The molecule has 3 aliphatic rings. The van der Waals surface area contributed by atoms with Gasteiger partial charge in [-0.1, -0.05) is 10.3 Å². The van der Waals surface area contributed by atoms with E-state index in [0.717, 1.165) is 18.6 Å². The summed E-state index contributed by atoms with van der Waals surface area (Å²) in [5.41, 5.74) is 0.382. The summed E-state index contributed by atoms with van der Waals surface area (Å²) >= 11 is 0. The van der Waals surface area contributed by atoms with E-state index < -0.39 is 15.4 Å². The second-order valence-corrected chi connectivity index (χ2v) is 8.54. The van der Waals surface area contributed by atoms with Crippen LogP contribution in [0.15, 0.2) is 10.3 Å². The van der Waals surface area contributed by atoms with Gasteiger partial charge in [0, 0.05) is 12.3 Å². The van der Waals surface area contributed by atoms with Crippen LogP contribution in [0.4, 0.5) is 0 Å². The first kappa shape index (κ1) is 13.9. The molecule has 3 rings (SSSR count). The van der Waals surface area contributed by atoms with Gasteiger partial charge in [0.1, 0.15) is 11.7 Å². The van der Waals surface area contributed by atoms with E-state index in [0.29, 0.717) is 12.3 Å². The minimum atomic E-state index is -3.42. The molecule has 2 heterocycles. The minimum Gasteiger partial charge on any atom is -0.392 e. The first-order valence-corrected chi connectivity index (χ1v) is 8.65. The van der Waals surface area contributed by atoms with E-state index in [-0.39, 0.29) is 22.8 Å². The van der Waals surface area contributed by atoms with Crippen molar-refractivity contribution in [2.45, 2.75) is 51.7 Å². The van der Waals surface area contributed by atoms with Crippen molar-refractivity contribution in [3.63, 3.8) is 0 Å². The Morgan fingerprint density at radius 2 is 2.00 bits per heavy atom. The van der Waals surface area contributed by atoms with E-state index in [2.05, 4.69) is 10.3 Å². The molecule has 6 nitrogen and oxygen atoms in total. The molecule has 2 unspecified atom stereocenters. The van der Waals surface area contributed by atoms with Crippen molar-refractivity contribution in [3.8, 4) is 0 Å². The van der Waals surface area contributed by atoms with Gasteiger partial charge in [-0.15, -0.1) is 0 Å². The summed E-state index contributed by atoms with van der Waals surface area (Å²) in [6, 6.07) is 0. The van der Waals surface area contributed by atoms with Crippen molar-refractivity contribution in [2.24, 2.45) is 22.1 Å². The lowest BCUT2D eigenvalue weighted by molar-refractivity contribution is 0.0123. The smallest absolute Gasteiger partial charge is 0.195 e. The summed E-state index contributed by atoms with van der Waals surface area (Å²) in [6.07, 6.45) is 2.31. The van der Waals surface area contributed by atoms with Crippen LogP contribution in [0.25, 0.3) is 0 Å². The third-order valence-corrected chi connectivity index (χ3v) is 5.73. The van der Waals surface area contributed by atoms with Crippen LogP contribution in [0, 0.1) is 11.8 Å². The van der Waals surface area contributed by atoms with Crippen LogP contribution in [0.5, 0.6) is 0 Å². The number of oxime groups is 2. The van der Waals surface area contributed by atoms with Gasteiger partial charge in [0.05, 0.1) is 17.4 Å². The van der Waals surface area contributed by atoms with E-state index in [9.17, 15) is 8.42 Å². The third kappa shape index (κ3) is 2.55. The number of hydrogen-bond donors (Lipinski definition) is 0. The molecule has 0 aromatic rings. The Hall–Kier alpha value is -1.11. The fourth-order valence-corrected chi connectivity index (χ4v) is 4.43. The van der Waals surface area contributed by atoms with Gasteiger partial charge in [0.2, 0.25) is 0 Å². The SMILES string of the molecule is CC1ON=C(C2CC2)C1CS(=O)(=O)C1=NOC(C)(C)C1. The zero-order chi connectivity index (χ0) is 14.5. The first-order valence-electron chi connectivity index (χ1n) is 7.00. The first-order chi connectivity index (χ1) is 9.28. The zero-order valence-corrected chi connectivity index (χ0v) is 12.8. The average molecular weight is 300 g/mol. The summed E-state index contributed by atoms with van der Waals surface area (Å²) in [5.74, 6) is 0.277. The van der Waals surface area contributed by atoms with Gasteiger partial charge in [-0.3, -0.25) is 0 Å². The Morgan fingerprint density at radius 3 is 2.55 bits per heavy atom. The molecule has 0 spiro atoms. The lowest BCUT2D eigenvalue weighted by Crippen LogP contribution is -2.33. The number of hydrogen-bond acceptors (Lipinski definition) is 6. The highest BCUT2D eigenvalue weighted by Gasteiger charge is 2.45. The maximum absolute atomic E-state index is 12.5. The van der Waals surface area contributed by atoms with E-state index in [1.807, 2.05) is 20.8 Å². The van der Waals surface area contributed by atoms with E-state index in [1.165, 1.54) is 0 Å². The second-order valence-electron chi connectivity index (χ2n) is 6.50. The fourth-order valence-electron chi connectivity index (χ4n) is 2.61. The molecule has 0 bridgehead atoms. The average Bonchev–Trinajstić information content (AvgIpc) is 3.03. The highest BCUT2D eigenvalue weighted by atomic mass is 32.2. The predicted molar refractivity (Wildman–Crippen MR) is 75.2 cm³/mol. The van der Waals surface area contributed by atoms with Crippen molar-refractivity contribution in [2.75, 3.05) is 5.75 Å². The number of sulfone groups is 1. The van der Waals surface area contributed by atoms with Gasteiger partial charge in [-0.05, 0) is 33.6 Å². The second kappa shape index (κ2) is 4.44. The molecule has 2 aliphatic heterocycles. The summed E-state index contributed by atoms with van der Waals surface area (Å²) in [4.78, 5) is 10.4. The van der Waals surface area contributed by atoms with Crippen molar-refractivity contribution >= 4 is 20.6 Å². The Morgan fingerprint density at radius 1 is 1.30 bits per heavy atom. The van der Waals surface area contributed by atoms with Crippen LogP contribution in [0.2, 0.25) is 0 Å². The molecule has 1 aliphatic carbocycles. The highest BCUT2D eigenvalue weighted by molar-refractivity contribution is 8.06. The van der Waals surface area contributed by atoms with E-state index in [4.69, 9.17) is 9.68 Å². The van der Waals surface area contributed by atoms with Crippen LogP contribution < -0.4 is 0 Å². The largest absolute Gasteiger partial charge is 0.392 e. The van der Waals surface area contributed by atoms with Gasteiger partial charge < -0.3 is 9.68 Å². The Labute approximate surface area is 119 Å². The molecular formula is C13H20N2O4S. The van der Waals surface area contributed by atoms with Crippen LogP contribution in [0.1, 0.15) is 40.0 Å². The van der Waals surface area contributed by atoms with Crippen LogP contribution in [-0.2, 0) is 19.5 Å². The maximum atomic E-state index is 12.5. The third-order valence-electron chi connectivity index (χ3n) is 4.00. The normalized spacial score (nSPS) is 32.4. The minimum absolute atomic E-state index is 0.0156. The fraction of sp³-hybridized carbons (Fsp3) is 0.846. The molecule has 0 aromatic heterocycles. The monoisotopic (exact) mass is 300 g/mol. The zero-order valence-electron chi connectivity index (χ0n) is 12.0. The van der Waals surface area contributed by atoms with Gasteiger partial charge in [-0.2, -0.15) is 0 Å². The molecule has 0 N–H and O–H groups in total. The topological polar surface area (TPSA) is 77.3 Å². The lowest BCUT2D eigenvalue weighted by atomic mass is 9.97. The molecule has 0 radical (unpaired) electrons. The Bertz CT molecular complexity index is 575. The molecular weight excluding hydrogens is 280 g/mol. The molecule has 0 aromatic carbocycles. The van der Waals surface area contributed by atoms with Gasteiger partial charge in [-0.25, -0.2) is 8.42 Å². The van der Waals surface area contributed by atoms with Gasteiger partial charge in [0.15, 0.2) is 14.9 Å². The molecule has 7 heteroatoms. The molecule has 0 saturated heterocycles. The molecule has 1 fully saturated rings. The van der Waals surface area contributed by atoms with Crippen molar-refractivity contribution in [3.05, 3.63) is 0 Å². The predicted octanol–water partition coefficient (Wildman–Crippen LogP) is 1.71. The molecule has 1 saturated carbocycles. The maximum Gasteiger partial charge on any atom is 0.195 e. The molecule has 20 heavy (non-hydrogen) atoms. The van der Waals surface area contributed by atoms with E-state index >= 15 is 0 Å². The van der Waals surface area contributed by atoms with Crippen molar-refractivity contribution in [1.29, 1.82) is 0 Å². The van der Waals surface area contributed by atoms with Crippen molar-refractivity contribution < 1.29 is 18.1 Å². The summed E-state index contributed by atoms with van der Waals surface area (Å²) < 4.78 is 25.0. The quantitative estimate of drug-likeness (QED) is 0.795. The van der Waals surface area contributed by atoms with Crippen LogP contribution >= 0.6 is 0 Å². The van der Waals surface area contributed by atoms with Crippen molar-refractivity contribution in [1.82, 2.24) is 0 Å². The van der Waals surface area contributed by atoms with Crippen LogP contribution in [-0.4, -0.2) is 36.6 Å². The summed E-state index contributed by atoms with van der Waals surface area (Å²) in [5, 5.41) is 7.99. The Balaban J connectivity index is 1.75. The molecule has 112 valence electrons. The number of rotatable bonds is 3. The lowest BCUT2D eigenvalue weighted by Gasteiger charge is -2.16. The summed E-state index contributed by atoms with van der Waals surface area (Å²) in [7, 11) is -3.42. The molecule has 2 atom stereocenters. The van der Waals surface area contributed by atoms with Gasteiger partial charge in [0.25, 0.3) is 0 Å². The van der Waals surface area contributed by atoms with Crippen LogP contribution in [0.3, 0.4) is 0 Å².